The Morgan fingerprint density at radius 3 is 2.54 bits per heavy atom. The van der Waals surface area contributed by atoms with Crippen LogP contribution in [0, 0.1) is 5.92 Å². The van der Waals surface area contributed by atoms with Crippen LogP contribution in [0.5, 0.6) is 11.5 Å². The highest BCUT2D eigenvalue weighted by Gasteiger charge is 2.16. The molecule has 0 unspecified atom stereocenters. The first-order valence-electron chi connectivity index (χ1n) is 7.83. The van der Waals surface area contributed by atoms with Crippen LogP contribution in [0.1, 0.15) is 29.8 Å². The molecule has 128 valence electrons. The van der Waals surface area contributed by atoms with E-state index in [4.69, 9.17) is 21.1 Å². The number of amides is 1. The summed E-state index contributed by atoms with van der Waals surface area (Å²) in [7, 11) is 1.53. The average Bonchev–Trinajstić information content (AvgIpc) is 2.58. The number of rotatable bonds is 7. The minimum Gasteiger partial charge on any atom is -0.493 e. The van der Waals surface area contributed by atoms with E-state index in [0.717, 1.165) is 5.56 Å². The molecular formula is C19H22ClNO3. The second-order valence-electron chi connectivity index (χ2n) is 5.86. The second-order valence-corrected chi connectivity index (χ2v) is 6.27. The Morgan fingerprint density at radius 1 is 1.21 bits per heavy atom. The number of carbonyl (C=O) groups is 1. The number of methoxy groups -OCH3 is 1. The lowest BCUT2D eigenvalue weighted by atomic mass is 10.1. The van der Waals surface area contributed by atoms with Crippen molar-refractivity contribution in [2.45, 2.75) is 20.4 Å². The number of hydrogen-bond acceptors (Lipinski definition) is 3. The van der Waals surface area contributed by atoms with Gasteiger partial charge in [0.15, 0.2) is 11.5 Å². The normalized spacial score (nSPS) is 10.5. The van der Waals surface area contributed by atoms with Gasteiger partial charge in [0.2, 0.25) is 0 Å². The summed E-state index contributed by atoms with van der Waals surface area (Å²) in [6.07, 6.45) is 0. The summed E-state index contributed by atoms with van der Waals surface area (Å²) in [5.41, 5.74) is 1.46. The summed E-state index contributed by atoms with van der Waals surface area (Å²) in [6.45, 7) is 5.07. The molecule has 0 heterocycles. The van der Waals surface area contributed by atoms with E-state index in [2.05, 4.69) is 5.32 Å². The first kappa shape index (κ1) is 18.1. The predicted molar refractivity (Wildman–Crippen MR) is 95.9 cm³/mol. The van der Waals surface area contributed by atoms with Crippen molar-refractivity contribution in [1.29, 1.82) is 0 Å². The van der Waals surface area contributed by atoms with Crippen molar-refractivity contribution in [3.63, 3.8) is 0 Å². The Hall–Kier alpha value is -2.20. The molecule has 2 aromatic rings. The van der Waals surface area contributed by atoms with Crippen molar-refractivity contribution in [3.8, 4) is 11.5 Å². The van der Waals surface area contributed by atoms with Crippen LogP contribution in [0.2, 0.25) is 5.02 Å². The van der Waals surface area contributed by atoms with Crippen molar-refractivity contribution < 1.29 is 14.3 Å². The van der Waals surface area contributed by atoms with Crippen LogP contribution in [0.25, 0.3) is 0 Å². The molecule has 0 spiro atoms. The van der Waals surface area contributed by atoms with Gasteiger partial charge in [-0.1, -0.05) is 55.8 Å². The average molecular weight is 348 g/mol. The minimum absolute atomic E-state index is 0.213. The van der Waals surface area contributed by atoms with Gasteiger partial charge in [0.05, 0.1) is 18.7 Å². The van der Waals surface area contributed by atoms with Gasteiger partial charge in [-0.05, 0) is 23.6 Å². The third-order valence-corrected chi connectivity index (χ3v) is 3.63. The molecule has 0 atom stereocenters. The van der Waals surface area contributed by atoms with E-state index in [0.29, 0.717) is 41.2 Å². The molecular weight excluding hydrogens is 326 g/mol. The van der Waals surface area contributed by atoms with E-state index in [-0.39, 0.29) is 5.91 Å². The summed E-state index contributed by atoms with van der Waals surface area (Å²) in [6, 6.07) is 13.0. The van der Waals surface area contributed by atoms with Gasteiger partial charge in [0.1, 0.15) is 0 Å². The number of benzene rings is 2. The maximum absolute atomic E-state index is 12.3. The van der Waals surface area contributed by atoms with Gasteiger partial charge in [-0.15, -0.1) is 0 Å². The van der Waals surface area contributed by atoms with E-state index >= 15 is 0 Å². The lowest BCUT2D eigenvalue weighted by molar-refractivity contribution is 0.0950. The molecule has 1 amide bonds. The largest absolute Gasteiger partial charge is 0.493 e. The van der Waals surface area contributed by atoms with Gasteiger partial charge in [-0.3, -0.25) is 4.79 Å². The zero-order valence-electron chi connectivity index (χ0n) is 14.1. The number of nitrogens with one attached hydrogen (secondary N) is 1. The molecule has 0 radical (unpaired) electrons. The molecule has 0 bridgehead atoms. The maximum atomic E-state index is 12.3. The van der Waals surface area contributed by atoms with Crippen molar-refractivity contribution in [3.05, 3.63) is 58.6 Å². The van der Waals surface area contributed by atoms with Gasteiger partial charge in [-0.2, -0.15) is 0 Å². The van der Waals surface area contributed by atoms with E-state index in [1.165, 1.54) is 7.11 Å². The first-order chi connectivity index (χ1) is 11.5. The van der Waals surface area contributed by atoms with Gasteiger partial charge >= 0.3 is 0 Å². The Kier molecular flexibility index (Phi) is 6.50. The molecule has 0 saturated carbocycles. The lowest BCUT2D eigenvalue weighted by Crippen LogP contribution is -2.22. The molecule has 4 nitrogen and oxygen atoms in total. The molecule has 0 aliphatic carbocycles. The zero-order valence-corrected chi connectivity index (χ0v) is 14.9. The number of hydrogen-bond donors (Lipinski definition) is 1. The standard InChI is InChI=1S/C19H22ClNO3/c1-13(2)12-24-18-16(20)9-15(10-17(18)23-3)19(22)21-11-14-7-5-4-6-8-14/h4-10,13H,11-12H2,1-3H3,(H,21,22). The number of halogens is 1. The number of carbonyl (C=O) groups excluding carboxylic acids is 1. The molecule has 0 fully saturated rings. The molecule has 0 aromatic heterocycles. The van der Waals surface area contributed by atoms with E-state index in [1.54, 1.807) is 12.1 Å². The van der Waals surface area contributed by atoms with Crippen LogP contribution in [-0.4, -0.2) is 19.6 Å². The first-order valence-corrected chi connectivity index (χ1v) is 8.21. The Balaban J connectivity index is 2.12. The Bertz CT molecular complexity index is 687. The molecule has 2 aromatic carbocycles. The third kappa shape index (κ3) is 4.90. The summed E-state index contributed by atoms with van der Waals surface area (Å²) in [5, 5.41) is 3.23. The van der Waals surface area contributed by atoms with Crippen molar-refractivity contribution in [2.24, 2.45) is 5.92 Å². The van der Waals surface area contributed by atoms with E-state index in [1.807, 2.05) is 44.2 Å². The van der Waals surface area contributed by atoms with Crippen molar-refractivity contribution >= 4 is 17.5 Å². The molecule has 1 N–H and O–H groups in total. The monoisotopic (exact) mass is 347 g/mol. The van der Waals surface area contributed by atoms with Gasteiger partial charge in [-0.25, -0.2) is 0 Å². The fraction of sp³-hybridized carbons (Fsp3) is 0.316. The van der Waals surface area contributed by atoms with Crippen LogP contribution in [0.4, 0.5) is 0 Å². The van der Waals surface area contributed by atoms with Crippen LogP contribution >= 0.6 is 11.6 Å². The van der Waals surface area contributed by atoms with Gasteiger partial charge in [0, 0.05) is 12.1 Å². The van der Waals surface area contributed by atoms with Crippen LogP contribution in [0.3, 0.4) is 0 Å². The van der Waals surface area contributed by atoms with E-state index in [9.17, 15) is 4.79 Å². The SMILES string of the molecule is COc1cc(C(=O)NCc2ccccc2)cc(Cl)c1OCC(C)C. The van der Waals surface area contributed by atoms with Crippen molar-refractivity contribution in [1.82, 2.24) is 5.32 Å². The highest BCUT2D eigenvalue weighted by atomic mass is 35.5. The smallest absolute Gasteiger partial charge is 0.251 e. The van der Waals surface area contributed by atoms with E-state index < -0.39 is 0 Å². The fourth-order valence-corrected chi connectivity index (χ4v) is 2.39. The van der Waals surface area contributed by atoms with Crippen molar-refractivity contribution in [2.75, 3.05) is 13.7 Å². The molecule has 2 rings (SSSR count). The molecule has 5 heteroatoms. The van der Waals surface area contributed by atoms with Crippen LogP contribution < -0.4 is 14.8 Å². The zero-order chi connectivity index (χ0) is 17.5. The quantitative estimate of drug-likeness (QED) is 0.811. The fourth-order valence-electron chi connectivity index (χ4n) is 2.12. The van der Waals surface area contributed by atoms with Crippen LogP contribution in [0.15, 0.2) is 42.5 Å². The number of ether oxygens (including phenoxy) is 2. The Labute approximate surface area is 147 Å². The summed E-state index contributed by atoms with van der Waals surface area (Å²) in [5.74, 6) is 1.06. The second kappa shape index (κ2) is 8.60. The molecule has 0 aliphatic rings. The topological polar surface area (TPSA) is 47.6 Å². The third-order valence-electron chi connectivity index (χ3n) is 3.35. The summed E-state index contributed by atoms with van der Waals surface area (Å²) < 4.78 is 11.0. The molecule has 24 heavy (non-hydrogen) atoms. The minimum atomic E-state index is -0.213. The maximum Gasteiger partial charge on any atom is 0.251 e. The Morgan fingerprint density at radius 2 is 1.92 bits per heavy atom. The molecule has 0 aliphatic heterocycles. The van der Waals surface area contributed by atoms with Crippen LogP contribution in [-0.2, 0) is 6.54 Å². The highest BCUT2D eigenvalue weighted by Crippen LogP contribution is 2.36. The predicted octanol–water partition coefficient (Wildman–Crippen LogP) is 4.31. The highest BCUT2D eigenvalue weighted by molar-refractivity contribution is 6.32. The molecule has 0 saturated heterocycles. The summed E-state index contributed by atoms with van der Waals surface area (Å²) >= 11 is 6.27. The van der Waals surface area contributed by atoms with Gasteiger partial charge < -0.3 is 14.8 Å². The lowest BCUT2D eigenvalue weighted by Gasteiger charge is -2.15. The summed E-state index contributed by atoms with van der Waals surface area (Å²) in [4.78, 5) is 12.3. The van der Waals surface area contributed by atoms with Gasteiger partial charge in [0.25, 0.3) is 5.91 Å².